The monoisotopic (exact) mass is 357 g/mol. The Bertz CT molecular complexity index is 846. The number of thiophene rings is 1. The summed E-state index contributed by atoms with van der Waals surface area (Å²) < 4.78 is 13.7. The van der Waals surface area contributed by atoms with Crippen LogP contribution >= 0.6 is 23.1 Å². The molecule has 0 radical (unpaired) electrons. The second kappa shape index (κ2) is 7.64. The Labute approximate surface area is 148 Å². The molecule has 0 aliphatic heterocycles. The predicted octanol–water partition coefficient (Wildman–Crippen LogP) is 5.92. The van der Waals surface area contributed by atoms with Crippen molar-refractivity contribution in [1.82, 2.24) is 0 Å². The Morgan fingerprint density at radius 1 is 1.12 bits per heavy atom. The van der Waals surface area contributed by atoms with Gasteiger partial charge in [-0.1, -0.05) is 37.3 Å². The molecule has 5 heteroatoms. The van der Waals surface area contributed by atoms with E-state index in [0.29, 0.717) is 10.6 Å². The van der Waals surface area contributed by atoms with Crippen LogP contribution in [0.3, 0.4) is 0 Å². The second-order valence-corrected chi connectivity index (χ2v) is 7.38. The van der Waals surface area contributed by atoms with Gasteiger partial charge in [-0.3, -0.25) is 4.79 Å². The molecule has 0 aliphatic carbocycles. The summed E-state index contributed by atoms with van der Waals surface area (Å²) in [6, 6.07) is 16.4. The third kappa shape index (κ3) is 4.04. The van der Waals surface area contributed by atoms with E-state index in [-0.39, 0.29) is 11.7 Å². The summed E-state index contributed by atoms with van der Waals surface area (Å²) in [5, 5.41) is 4.73. The zero-order chi connectivity index (χ0) is 16.9. The van der Waals surface area contributed by atoms with Gasteiger partial charge in [0.25, 0.3) is 5.91 Å². The largest absolute Gasteiger partial charge is 0.321 e. The Morgan fingerprint density at radius 2 is 1.92 bits per heavy atom. The predicted molar refractivity (Wildman–Crippen MR) is 101 cm³/mol. The normalized spacial score (nSPS) is 10.6. The highest BCUT2D eigenvalue weighted by molar-refractivity contribution is 7.99. The third-order valence-corrected chi connectivity index (χ3v) is 5.16. The number of benzene rings is 2. The molecule has 2 aromatic carbocycles. The highest BCUT2D eigenvalue weighted by atomic mass is 32.2. The van der Waals surface area contributed by atoms with Crippen LogP contribution < -0.4 is 5.32 Å². The van der Waals surface area contributed by atoms with Crippen molar-refractivity contribution in [3.8, 4) is 11.1 Å². The highest BCUT2D eigenvalue weighted by Gasteiger charge is 2.11. The van der Waals surface area contributed by atoms with Gasteiger partial charge in [0.2, 0.25) is 0 Å². The number of hydrogen-bond acceptors (Lipinski definition) is 3. The molecule has 1 N–H and O–H groups in total. The van der Waals surface area contributed by atoms with Crippen molar-refractivity contribution in [3.63, 3.8) is 0 Å². The Morgan fingerprint density at radius 3 is 2.67 bits per heavy atom. The molecule has 0 unspecified atom stereocenters. The van der Waals surface area contributed by atoms with E-state index in [1.807, 2.05) is 48.7 Å². The van der Waals surface area contributed by atoms with Gasteiger partial charge in [-0.05, 0) is 46.5 Å². The summed E-state index contributed by atoms with van der Waals surface area (Å²) in [5.74, 6) is 0.280. The van der Waals surface area contributed by atoms with E-state index in [4.69, 9.17) is 0 Å². The lowest BCUT2D eigenvalue weighted by molar-refractivity contribution is 0.103. The molecule has 0 aliphatic rings. The SMILES string of the molecule is CCSc1cc(F)cc(NC(=O)c2cc(-c3ccccc3)cs2)c1. The molecular formula is C19H16FNOS2. The van der Waals surface area contributed by atoms with Crippen LogP contribution in [0.4, 0.5) is 10.1 Å². The maximum absolute atomic E-state index is 13.7. The van der Waals surface area contributed by atoms with E-state index >= 15 is 0 Å². The number of carbonyl (C=O) groups excluding carboxylic acids is 1. The van der Waals surface area contributed by atoms with Crippen molar-refractivity contribution in [3.05, 3.63) is 70.7 Å². The lowest BCUT2D eigenvalue weighted by atomic mass is 10.1. The van der Waals surface area contributed by atoms with Crippen LogP contribution in [0.1, 0.15) is 16.6 Å². The van der Waals surface area contributed by atoms with Crippen LogP contribution in [-0.4, -0.2) is 11.7 Å². The molecule has 1 amide bonds. The van der Waals surface area contributed by atoms with Gasteiger partial charge in [0, 0.05) is 10.6 Å². The molecule has 1 heterocycles. The van der Waals surface area contributed by atoms with Gasteiger partial charge in [0.05, 0.1) is 4.88 Å². The molecule has 0 spiro atoms. The number of anilines is 1. The fraction of sp³-hybridized carbons (Fsp3) is 0.105. The van der Waals surface area contributed by atoms with E-state index in [0.717, 1.165) is 21.8 Å². The topological polar surface area (TPSA) is 29.1 Å². The number of amides is 1. The van der Waals surface area contributed by atoms with Crippen LogP contribution in [0, 0.1) is 5.82 Å². The van der Waals surface area contributed by atoms with E-state index in [2.05, 4.69) is 5.32 Å². The minimum Gasteiger partial charge on any atom is -0.321 e. The zero-order valence-corrected chi connectivity index (χ0v) is 14.7. The van der Waals surface area contributed by atoms with Crippen LogP contribution in [0.5, 0.6) is 0 Å². The summed E-state index contributed by atoms with van der Waals surface area (Å²) >= 11 is 2.92. The van der Waals surface area contributed by atoms with Crippen LogP contribution in [0.25, 0.3) is 11.1 Å². The zero-order valence-electron chi connectivity index (χ0n) is 13.1. The number of thioether (sulfide) groups is 1. The number of rotatable bonds is 5. The number of carbonyl (C=O) groups is 1. The Balaban J connectivity index is 1.77. The highest BCUT2D eigenvalue weighted by Crippen LogP contribution is 2.27. The van der Waals surface area contributed by atoms with Crippen molar-refractivity contribution in [1.29, 1.82) is 0 Å². The molecule has 0 atom stereocenters. The van der Waals surface area contributed by atoms with Gasteiger partial charge in [-0.25, -0.2) is 4.39 Å². The fourth-order valence-corrected chi connectivity index (χ4v) is 3.87. The first kappa shape index (κ1) is 16.7. The van der Waals surface area contributed by atoms with Crippen molar-refractivity contribution in [2.75, 3.05) is 11.1 Å². The van der Waals surface area contributed by atoms with E-state index in [9.17, 15) is 9.18 Å². The molecule has 3 rings (SSSR count). The Kier molecular flexibility index (Phi) is 5.33. The van der Waals surface area contributed by atoms with Crippen molar-refractivity contribution in [2.45, 2.75) is 11.8 Å². The maximum atomic E-state index is 13.7. The molecule has 122 valence electrons. The average Bonchev–Trinajstić information content (AvgIpc) is 3.05. The molecule has 0 saturated heterocycles. The van der Waals surface area contributed by atoms with Crippen LogP contribution in [-0.2, 0) is 0 Å². The van der Waals surface area contributed by atoms with Gasteiger partial charge in [-0.15, -0.1) is 23.1 Å². The number of hydrogen-bond donors (Lipinski definition) is 1. The first-order valence-corrected chi connectivity index (χ1v) is 9.41. The molecular weight excluding hydrogens is 341 g/mol. The fourth-order valence-electron chi connectivity index (χ4n) is 2.31. The summed E-state index contributed by atoms with van der Waals surface area (Å²) in [6.45, 7) is 2.00. The van der Waals surface area contributed by atoms with Crippen molar-refractivity contribution >= 4 is 34.7 Å². The minimum absolute atomic E-state index is 0.222. The maximum Gasteiger partial charge on any atom is 0.265 e. The van der Waals surface area contributed by atoms with E-state index < -0.39 is 0 Å². The first-order valence-electron chi connectivity index (χ1n) is 7.54. The minimum atomic E-state index is -0.347. The molecule has 24 heavy (non-hydrogen) atoms. The quantitative estimate of drug-likeness (QED) is 0.574. The molecule has 3 aromatic rings. The number of nitrogens with one attached hydrogen (secondary N) is 1. The van der Waals surface area contributed by atoms with Crippen molar-refractivity contribution in [2.24, 2.45) is 0 Å². The van der Waals surface area contributed by atoms with E-state index in [1.165, 1.54) is 35.2 Å². The Hall–Kier alpha value is -2.11. The third-order valence-electron chi connectivity index (χ3n) is 3.37. The standard InChI is InChI=1S/C19H16FNOS2/c1-2-23-17-10-15(20)9-16(11-17)21-19(22)18-8-14(12-24-18)13-6-4-3-5-7-13/h3-12H,2H2,1H3,(H,21,22). The number of halogens is 1. The lowest BCUT2D eigenvalue weighted by Gasteiger charge is -2.06. The molecule has 1 aromatic heterocycles. The van der Waals surface area contributed by atoms with Gasteiger partial charge in [0.1, 0.15) is 5.82 Å². The molecule has 0 fully saturated rings. The summed E-state index contributed by atoms with van der Waals surface area (Å²) in [7, 11) is 0. The summed E-state index contributed by atoms with van der Waals surface area (Å²) in [4.78, 5) is 13.8. The molecule has 0 saturated carbocycles. The summed E-state index contributed by atoms with van der Waals surface area (Å²) in [6.07, 6.45) is 0. The van der Waals surface area contributed by atoms with Crippen molar-refractivity contribution < 1.29 is 9.18 Å². The summed E-state index contributed by atoms with van der Waals surface area (Å²) in [5.41, 5.74) is 2.55. The van der Waals surface area contributed by atoms with Gasteiger partial charge < -0.3 is 5.32 Å². The van der Waals surface area contributed by atoms with Crippen LogP contribution in [0.15, 0.2) is 64.9 Å². The molecule has 2 nitrogen and oxygen atoms in total. The first-order chi connectivity index (χ1) is 11.7. The van der Waals surface area contributed by atoms with Gasteiger partial charge >= 0.3 is 0 Å². The lowest BCUT2D eigenvalue weighted by Crippen LogP contribution is -2.10. The average molecular weight is 357 g/mol. The second-order valence-electron chi connectivity index (χ2n) is 5.13. The smallest absolute Gasteiger partial charge is 0.265 e. The van der Waals surface area contributed by atoms with Gasteiger partial charge in [-0.2, -0.15) is 0 Å². The van der Waals surface area contributed by atoms with Crippen LogP contribution in [0.2, 0.25) is 0 Å². The molecule has 0 bridgehead atoms. The van der Waals surface area contributed by atoms with E-state index in [1.54, 1.807) is 6.07 Å². The van der Waals surface area contributed by atoms with Gasteiger partial charge in [0.15, 0.2) is 0 Å².